The van der Waals surface area contributed by atoms with Crippen molar-refractivity contribution < 1.29 is 17.9 Å². The molecule has 7 heteroatoms. The van der Waals surface area contributed by atoms with Gasteiger partial charge in [0.25, 0.3) is 0 Å². The minimum atomic E-state index is -4.51. The van der Waals surface area contributed by atoms with Gasteiger partial charge in [-0.3, -0.25) is 4.99 Å². The number of ether oxygens (including phenoxy) is 1. The van der Waals surface area contributed by atoms with E-state index in [0.29, 0.717) is 13.2 Å². The van der Waals surface area contributed by atoms with Crippen molar-refractivity contribution >= 4 is 29.4 Å². The molecule has 2 aliphatic heterocycles. The first-order chi connectivity index (χ1) is 12.3. The number of hydrogen-bond donors (Lipinski definition) is 0. The predicted octanol–water partition coefficient (Wildman–Crippen LogP) is 6.04. The second kappa shape index (κ2) is 6.25. The Morgan fingerprint density at radius 3 is 2.38 bits per heavy atom. The van der Waals surface area contributed by atoms with Gasteiger partial charge in [-0.25, -0.2) is 0 Å². The first-order valence-electron chi connectivity index (χ1n) is 8.06. The molecule has 0 aromatic heterocycles. The summed E-state index contributed by atoms with van der Waals surface area (Å²) < 4.78 is 47.6. The lowest BCUT2D eigenvalue weighted by Crippen LogP contribution is -2.42. The largest absolute Gasteiger partial charge is 0.403 e. The molecule has 2 aromatic rings. The maximum absolute atomic E-state index is 14.1. The van der Waals surface area contributed by atoms with Gasteiger partial charge in [0.2, 0.25) is 0 Å². The molecule has 2 nitrogen and oxygen atoms in total. The van der Waals surface area contributed by atoms with Crippen LogP contribution in [0.1, 0.15) is 34.7 Å². The van der Waals surface area contributed by atoms with E-state index in [2.05, 4.69) is 4.99 Å². The van der Waals surface area contributed by atoms with Crippen LogP contribution in [0.3, 0.4) is 0 Å². The van der Waals surface area contributed by atoms with Gasteiger partial charge in [-0.15, -0.1) is 0 Å². The maximum atomic E-state index is 14.1. The van der Waals surface area contributed by atoms with Gasteiger partial charge in [0, 0.05) is 16.3 Å². The van der Waals surface area contributed by atoms with E-state index in [9.17, 15) is 13.2 Å². The smallest absolute Gasteiger partial charge is 0.372 e. The summed E-state index contributed by atoms with van der Waals surface area (Å²) in [5.74, 6) is 0. The van der Waals surface area contributed by atoms with E-state index >= 15 is 0 Å². The van der Waals surface area contributed by atoms with Crippen LogP contribution < -0.4 is 0 Å². The van der Waals surface area contributed by atoms with Crippen LogP contribution in [0.4, 0.5) is 13.2 Å². The number of benzene rings is 2. The standard InChI is InChI=1S/C19H14Cl2F3NO/c20-15-4-14(5-16(21)6-15)18(19(22,23)24)7-17(25-10-18)11-1-2-12-8-26-9-13(12)3-11/h1-6,10,17H,7-9H2. The fourth-order valence-corrected chi connectivity index (χ4v) is 4.11. The maximum Gasteiger partial charge on any atom is 0.403 e. The molecular formula is C19H14Cl2F3NO. The number of fused-ring (bicyclic) bond motifs is 1. The molecule has 0 bridgehead atoms. The second-order valence-corrected chi connectivity index (χ2v) is 7.52. The summed E-state index contributed by atoms with van der Waals surface area (Å²) in [7, 11) is 0. The van der Waals surface area contributed by atoms with Gasteiger partial charge in [0.05, 0.1) is 19.3 Å². The Morgan fingerprint density at radius 2 is 1.69 bits per heavy atom. The van der Waals surface area contributed by atoms with Crippen molar-refractivity contribution in [3.63, 3.8) is 0 Å². The van der Waals surface area contributed by atoms with Crippen molar-refractivity contribution in [2.75, 3.05) is 0 Å². The van der Waals surface area contributed by atoms with Crippen LogP contribution in [-0.4, -0.2) is 12.4 Å². The minimum Gasteiger partial charge on any atom is -0.372 e. The highest BCUT2D eigenvalue weighted by Crippen LogP contribution is 2.51. The van der Waals surface area contributed by atoms with E-state index in [1.807, 2.05) is 18.2 Å². The van der Waals surface area contributed by atoms with Crippen molar-refractivity contribution in [3.8, 4) is 0 Å². The Kier molecular flexibility index (Phi) is 4.29. The van der Waals surface area contributed by atoms with Crippen LogP contribution in [-0.2, 0) is 23.4 Å². The molecule has 0 N–H and O–H groups in total. The van der Waals surface area contributed by atoms with Crippen molar-refractivity contribution in [2.24, 2.45) is 4.99 Å². The van der Waals surface area contributed by atoms with E-state index in [4.69, 9.17) is 27.9 Å². The molecule has 2 heterocycles. The van der Waals surface area contributed by atoms with Crippen LogP contribution in [0.5, 0.6) is 0 Å². The molecule has 2 atom stereocenters. The molecule has 0 radical (unpaired) electrons. The summed E-state index contributed by atoms with van der Waals surface area (Å²) in [6.07, 6.45) is -3.73. The molecule has 26 heavy (non-hydrogen) atoms. The number of alkyl halides is 3. The highest BCUT2D eigenvalue weighted by Gasteiger charge is 2.58. The first kappa shape index (κ1) is 17.8. The zero-order valence-corrected chi connectivity index (χ0v) is 15.0. The lowest BCUT2D eigenvalue weighted by Gasteiger charge is -2.30. The van der Waals surface area contributed by atoms with E-state index in [-0.39, 0.29) is 22.0 Å². The molecule has 0 aliphatic carbocycles. The van der Waals surface area contributed by atoms with Crippen LogP contribution in [0.15, 0.2) is 41.4 Å². The fraction of sp³-hybridized carbons (Fsp3) is 0.316. The van der Waals surface area contributed by atoms with Gasteiger partial charge >= 0.3 is 6.18 Å². The van der Waals surface area contributed by atoms with Crippen LogP contribution in [0.25, 0.3) is 0 Å². The Hall–Kier alpha value is -1.56. The van der Waals surface area contributed by atoms with Crippen LogP contribution >= 0.6 is 23.2 Å². The van der Waals surface area contributed by atoms with Gasteiger partial charge in [0.1, 0.15) is 5.41 Å². The summed E-state index contributed by atoms with van der Waals surface area (Å²) in [6.45, 7) is 1.02. The molecular weight excluding hydrogens is 386 g/mol. The zero-order valence-electron chi connectivity index (χ0n) is 13.5. The topological polar surface area (TPSA) is 21.6 Å². The summed E-state index contributed by atoms with van der Waals surface area (Å²) in [5, 5.41) is 0.338. The lowest BCUT2D eigenvalue weighted by molar-refractivity contribution is -0.168. The highest BCUT2D eigenvalue weighted by atomic mass is 35.5. The van der Waals surface area contributed by atoms with Crippen molar-refractivity contribution in [1.82, 2.24) is 0 Å². The van der Waals surface area contributed by atoms with E-state index in [1.165, 1.54) is 18.2 Å². The van der Waals surface area contributed by atoms with Gasteiger partial charge in [0.15, 0.2) is 0 Å². The third-order valence-electron chi connectivity index (χ3n) is 5.00. The van der Waals surface area contributed by atoms with Gasteiger partial charge in [-0.1, -0.05) is 41.4 Å². The van der Waals surface area contributed by atoms with Gasteiger partial charge < -0.3 is 4.74 Å². The number of halogens is 5. The molecule has 2 aromatic carbocycles. The summed E-state index contributed by atoms with van der Waals surface area (Å²) in [5.41, 5.74) is 0.636. The van der Waals surface area contributed by atoms with Gasteiger partial charge in [-0.05, 0) is 46.9 Å². The molecule has 0 saturated heterocycles. The molecule has 4 rings (SSSR count). The summed E-state index contributed by atoms with van der Waals surface area (Å²) >= 11 is 11.9. The minimum absolute atomic E-state index is 0.0123. The number of hydrogen-bond acceptors (Lipinski definition) is 2. The van der Waals surface area contributed by atoms with Crippen LogP contribution in [0.2, 0.25) is 10.0 Å². The Morgan fingerprint density at radius 1 is 1.00 bits per heavy atom. The Bertz CT molecular complexity index is 877. The first-order valence-corrected chi connectivity index (χ1v) is 8.81. The molecule has 2 unspecified atom stereocenters. The van der Waals surface area contributed by atoms with E-state index in [1.54, 1.807) is 0 Å². The lowest BCUT2D eigenvalue weighted by atomic mass is 9.77. The number of aliphatic imine (C=N–C) groups is 1. The SMILES string of the molecule is FC(F)(F)C1(c2cc(Cl)cc(Cl)c2)C=NC(c2ccc3c(c2)COC3)C1. The van der Waals surface area contributed by atoms with Crippen molar-refractivity contribution in [3.05, 3.63) is 68.7 Å². The third kappa shape index (κ3) is 2.92. The average Bonchev–Trinajstić information content (AvgIpc) is 3.20. The third-order valence-corrected chi connectivity index (χ3v) is 5.44. The second-order valence-electron chi connectivity index (χ2n) is 6.65. The molecule has 2 aliphatic rings. The predicted molar refractivity (Wildman–Crippen MR) is 95.0 cm³/mol. The molecule has 0 fully saturated rings. The quantitative estimate of drug-likeness (QED) is 0.603. The molecule has 136 valence electrons. The average molecular weight is 400 g/mol. The van der Waals surface area contributed by atoms with E-state index in [0.717, 1.165) is 22.9 Å². The van der Waals surface area contributed by atoms with Crippen molar-refractivity contribution in [2.45, 2.75) is 37.3 Å². The summed E-state index contributed by atoms with van der Waals surface area (Å²) in [6, 6.07) is 9.07. The number of rotatable bonds is 2. The molecule has 0 amide bonds. The van der Waals surface area contributed by atoms with Crippen LogP contribution in [0, 0.1) is 0 Å². The monoisotopic (exact) mass is 399 g/mol. The fourth-order valence-electron chi connectivity index (χ4n) is 3.59. The normalized spacial score (nSPS) is 24.9. The Labute approximate surface area is 158 Å². The zero-order chi connectivity index (χ0) is 18.5. The molecule has 0 spiro atoms. The molecule has 0 saturated carbocycles. The number of nitrogens with zero attached hydrogens (tertiary/aromatic N) is 1. The highest BCUT2D eigenvalue weighted by molar-refractivity contribution is 6.34. The van der Waals surface area contributed by atoms with Crippen molar-refractivity contribution in [1.29, 1.82) is 0 Å². The van der Waals surface area contributed by atoms with E-state index < -0.39 is 17.6 Å². The summed E-state index contributed by atoms with van der Waals surface area (Å²) in [4.78, 5) is 4.22. The Balaban J connectivity index is 1.73. The van der Waals surface area contributed by atoms with Gasteiger partial charge in [-0.2, -0.15) is 13.2 Å².